The molecule has 1 saturated carbocycles. The molecular formula is C15H27NO2S. The third-order valence-corrected chi connectivity index (χ3v) is 6.00. The summed E-state index contributed by atoms with van der Waals surface area (Å²) < 4.78 is 0. The summed E-state index contributed by atoms with van der Waals surface area (Å²) in [6.45, 7) is 0. The molecule has 0 bridgehead atoms. The lowest BCUT2D eigenvalue weighted by molar-refractivity contribution is -0.138. The van der Waals surface area contributed by atoms with Gasteiger partial charge in [-0.15, -0.1) is 11.8 Å². The highest BCUT2D eigenvalue weighted by Crippen LogP contribution is 2.39. The van der Waals surface area contributed by atoms with E-state index in [9.17, 15) is 4.79 Å². The highest BCUT2D eigenvalue weighted by Gasteiger charge is 2.40. The van der Waals surface area contributed by atoms with E-state index in [4.69, 9.17) is 5.11 Å². The highest BCUT2D eigenvalue weighted by atomic mass is 32.2. The van der Waals surface area contributed by atoms with Gasteiger partial charge in [0.05, 0.1) is 4.87 Å². The van der Waals surface area contributed by atoms with E-state index in [0.717, 1.165) is 18.6 Å². The molecule has 1 spiro atoms. The maximum atomic E-state index is 11.1. The van der Waals surface area contributed by atoms with Crippen LogP contribution in [0.2, 0.25) is 0 Å². The maximum Gasteiger partial charge on any atom is 0.321 e. The molecule has 2 fully saturated rings. The van der Waals surface area contributed by atoms with Gasteiger partial charge in [-0.05, 0) is 12.8 Å². The van der Waals surface area contributed by atoms with Crippen LogP contribution in [-0.4, -0.2) is 27.7 Å². The number of carboxylic acids is 1. The van der Waals surface area contributed by atoms with Crippen LogP contribution >= 0.6 is 11.8 Å². The summed E-state index contributed by atoms with van der Waals surface area (Å²) >= 11 is 1.86. The zero-order chi connectivity index (χ0) is 13.6. The smallest absolute Gasteiger partial charge is 0.321 e. The maximum absolute atomic E-state index is 11.1. The summed E-state index contributed by atoms with van der Waals surface area (Å²) in [5, 5.41) is 12.6. The van der Waals surface area contributed by atoms with Gasteiger partial charge in [0.1, 0.15) is 6.04 Å². The van der Waals surface area contributed by atoms with E-state index in [1.165, 1.54) is 57.8 Å². The number of thioether (sulfide) groups is 1. The molecule has 1 aliphatic carbocycles. The van der Waals surface area contributed by atoms with Gasteiger partial charge < -0.3 is 5.11 Å². The number of carboxylic acid groups (broad SMARTS) is 1. The Bertz CT molecular complexity index is 284. The molecule has 0 aromatic carbocycles. The van der Waals surface area contributed by atoms with Crippen molar-refractivity contribution >= 4 is 17.7 Å². The van der Waals surface area contributed by atoms with Crippen LogP contribution in [0.3, 0.4) is 0 Å². The van der Waals surface area contributed by atoms with Crippen molar-refractivity contribution in [1.82, 2.24) is 5.32 Å². The molecule has 2 rings (SSSR count). The molecule has 0 radical (unpaired) electrons. The molecule has 1 atom stereocenters. The van der Waals surface area contributed by atoms with Crippen molar-refractivity contribution in [2.45, 2.75) is 81.5 Å². The second-order valence-electron chi connectivity index (χ2n) is 6.02. The van der Waals surface area contributed by atoms with Crippen LogP contribution in [0.5, 0.6) is 0 Å². The summed E-state index contributed by atoms with van der Waals surface area (Å²) in [5.74, 6) is 0.0468. The van der Waals surface area contributed by atoms with Crippen LogP contribution in [0.1, 0.15) is 70.6 Å². The monoisotopic (exact) mass is 285 g/mol. The van der Waals surface area contributed by atoms with E-state index >= 15 is 0 Å². The zero-order valence-corrected chi connectivity index (χ0v) is 12.6. The number of carbonyl (C=O) groups is 1. The van der Waals surface area contributed by atoms with Gasteiger partial charge in [-0.25, -0.2) is 0 Å². The minimum absolute atomic E-state index is 0.0578. The SMILES string of the molecule is O=C(O)C1CSC2(CCCCCCCCCCC2)N1. The molecule has 0 amide bonds. The van der Waals surface area contributed by atoms with E-state index in [1.807, 2.05) is 11.8 Å². The summed E-state index contributed by atoms with van der Waals surface area (Å²) in [4.78, 5) is 11.2. The molecule has 2 N–H and O–H groups in total. The predicted octanol–water partition coefficient (Wildman–Crippen LogP) is 3.78. The lowest BCUT2D eigenvalue weighted by atomic mass is 9.97. The summed E-state index contributed by atoms with van der Waals surface area (Å²) in [6, 6.07) is -0.335. The third kappa shape index (κ3) is 4.67. The number of nitrogens with one attached hydrogen (secondary N) is 1. The van der Waals surface area contributed by atoms with Crippen molar-refractivity contribution in [3.05, 3.63) is 0 Å². The fourth-order valence-corrected chi connectivity index (χ4v) is 4.76. The van der Waals surface area contributed by atoms with Gasteiger partial charge in [-0.1, -0.05) is 57.8 Å². The lowest BCUT2D eigenvalue weighted by Crippen LogP contribution is -2.45. The van der Waals surface area contributed by atoms with Gasteiger partial charge in [-0.2, -0.15) is 0 Å². The van der Waals surface area contributed by atoms with Gasteiger partial charge in [-0.3, -0.25) is 10.1 Å². The standard InChI is InChI=1S/C15H27NO2S/c17-14(18)13-12-19-15(16-13)10-8-6-4-2-1-3-5-7-9-11-15/h13,16H,1-12H2,(H,17,18). The van der Waals surface area contributed by atoms with Crippen LogP contribution < -0.4 is 5.32 Å². The van der Waals surface area contributed by atoms with Crippen LogP contribution in [0.25, 0.3) is 0 Å². The Kier molecular flexibility index (Phi) is 6.02. The minimum atomic E-state index is -0.685. The Morgan fingerprint density at radius 1 is 0.947 bits per heavy atom. The first-order valence-corrected chi connectivity index (χ1v) is 8.85. The minimum Gasteiger partial charge on any atom is -0.480 e. The van der Waals surface area contributed by atoms with Crippen molar-refractivity contribution in [1.29, 1.82) is 0 Å². The topological polar surface area (TPSA) is 49.3 Å². The molecule has 19 heavy (non-hydrogen) atoms. The lowest BCUT2D eigenvalue weighted by Gasteiger charge is -2.30. The van der Waals surface area contributed by atoms with Crippen LogP contribution in [-0.2, 0) is 4.79 Å². The first-order chi connectivity index (χ1) is 9.22. The van der Waals surface area contributed by atoms with Crippen LogP contribution in [0.15, 0.2) is 0 Å². The molecule has 3 nitrogen and oxygen atoms in total. The molecule has 1 unspecified atom stereocenters. The summed E-state index contributed by atoms with van der Waals surface area (Å²) in [6.07, 6.45) is 14.2. The van der Waals surface area contributed by atoms with E-state index in [2.05, 4.69) is 5.32 Å². The zero-order valence-electron chi connectivity index (χ0n) is 11.8. The van der Waals surface area contributed by atoms with E-state index in [1.54, 1.807) is 0 Å². The fraction of sp³-hybridized carbons (Fsp3) is 0.933. The predicted molar refractivity (Wildman–Crippen MR) is 80.5 cm³/mol. The molecule has 0 aromatic heterocycles. The molecule has 2 aliphatic rings. The van der Waals surface area contributed by atoms with E-state index in [0.29, 0.717) is 0 Å². The molecule has 4 heteroatoms. The third-order valence-electron chi connectivity index (χ3n) is 4.42. The largest absolute Gasteiger partial charge is 0.480 e. The number of hydrogen-bond donors (Lipinski definition) is 2. The van der Waals surface area contributed by atoms with E-state index in [-0.39, 0.29) is 10.9 Å². The first-order valence-electron chi connectivity index (χ1n) is 7.86. The Morgan fingerprint density at radius 3 is 1.84 bits per heavy atom. The Hall–Kier alpha value is -0.220. The number of hydrogen-bond acceptors (Lipinski definition) is 3. The van der Waals surface area contributed by atoms with Gasteiger partial charge in [0, 0.05) is 5.75 Å². The van der Waals surface area contributed by atoms with Crippen molar-refractivity contribution < 1.29 is 9.90 Å². The number of rotatable bonds is 1. The molecule has 110 valence electrons. The average Bonchev–Trinajstić information content (AvgIpc) is 2.79. The second-order valence-corrected chi connectivity index (χ2v) is 7.43. The van der Waals surface area contributed by atoms with Crippen LogP contribution in [0, 0.1) is 0 Å². The van der Waals surface area contributed by atoms with E-state index < -0.39 is 5.97 Å². The van der Waals surface area contributed by atoms with Gasteiger partial charge >= 0.3 is 5.97 Å². The quantitative estimate of drug-likeness (QED) is 0.770. The van der Waals surface area contributed by atoms with Crippen molar-refractivity contribution in [3.63, 3.8) is 0 Å². The summed E-state index contributed by atoms with van der Waals surface area (Å²) in [5.41, 5.74) is 0. The van der Waals surface area contributed by atoms with Gasteiger partial charge in [0.15, 0.2) is 0 Å². The van der Waals surface area contributed by atoms with Crippen molar-refractivity contribution in [2.75, 3.05) is 5.75 Å². The molecular weight excluding hydrogens is 258 g/mol. The molecule has 1 heterocycles. The Morgan fingerprint density at radius 2 is 1.42 bits per heavy atom. The second kappa shape index (κ2) is 7.53. The van der Waals surface area contributed by atoms with Crippen molar-refractivity contribution in [3.8, 4) is 0 Å². The average molecular weight is 285 g/mol. The fourth-order valence-electron chi connectivity index (χ4n) is 3.25. The molecule has 1 aliphatic heterocycles. The van der Waals surface area contributed by atoms with Crippen molar-refractivity contribution in [2.24, 2.45) is 0 Å². The summed E-state index contributed by atoms with van der Waals surface area (Å²) in [7, 11) is 0. The molecule has 0 aromatic rings. The molecule has 1 saturated heterocycles. The normalized spacial score (nSPS) is 29.6. The Labute approximate surface area is 120 Å². The van der Waals surface area contributed by atoms with Gasteiger partial charge in [0.25, 0.3) is 0 Å². The van der Waals surface area contributed by atoms with Gasteiger partial charge in [0.2, 0.25) is 0 Å². The van der Waals surface area contributed by atoms with Crippen LogP contribution in [0.4, 0.5) is 0 Å². The highest BCUT2D eigenvalue weighted by molar-refractivity contribution is 8.00. The number of aliphatic carboxylic acids is 1. The Balaban J connectivity index is 1.89. The first kappa shape index (κ1) is 15.2.